The molecule has 0 unspecified atom stereocenters. The van der Waals surface area contributed by atoms with Crippen LogP contribution in [0.3, 0.4) is 0 Å². The largest absolute Gasteiger partial charge is 0.355 e. The Kier molecular flexibility index (Phi) is 9.68. The third-order valence-corrected chi connectivity index (χ3v) is 3.65. The molecular formula is C15H30IN5. The van der Waals surface area contributed by atoms with Crippen LogP contribution in [0.1, 0.15) is 19.5 Å². The van der Waals surface area contributed by atoms with E-state index >= 15 is 0 Å². The van der Waals surface area contributed by atoms with Crippen LogP contribution in [0.25, 0.3) is 0 Å². The number of halogens is 1. The van der Waals surface area contributed by atoms with Gasteiger partial charge in [0.25, 0.3) is 0 Å². The summed E-state index contributed by atoms with van der Waals surface area (Å²) in [6, 6.07) is 4.77. The molecule has 0 aromatic carbocycles. The molecule has 0 atom stereocenters. The normalized spacial score (nSPS) is 11.7. The Labute approximate surface area is 146 Å². The van der Waals surface area contributed by atoms with Gasteiger partial charge in [0.05, 0.1) is 6.54 Å². The van der Waals surface area contributed by atoms with Crippen molar-refractivity contribution in [3.05, 3.63) is 24.0 Å². The molecule has 122 valence electrons. The Morgan fingerprint density at radius 2 is 2.05 bits per heavy atom. The lowest BCUT2D eigenvalue weighted by Crippen LogP contribution is -2.42. The third kappa shape index (κ3) is 6.69. The van der Waals surface area contributed by atoms with Crippen LogP contribution in [0.5, 0.6) is 0 Å². The fourth-order valence-corrected chi connectivity index (χ4v) is 1.97. The van der Waals surface area contributed by atoms with Gasteiger partial charge in [0.2, 0.25) is 0 Å². The van der Waals surface area contributed by atoms with Crippen molar-refractivity contribution in [1.82, 2.24) is 19.7 Å². The molecule has 0 bridgehead atoms. The van der Waals surface area contributed by atoms with E-state index in [9.17, 15) is 0 Å². The summed E-state index contributed by atoms with van der Waals surface area (Å²) in [6.45, 7) is 7.17. The van der Waals surface area contributed by atoms with Gasteiger partial charge in [0.1, 0.15) is 0 Å². The minimum atomic E-state index is 0. The van der Waals surface area contributed by atoms with Crippen LogP contribution in [-0.2, 0) is 13.6 Å². The van der Waals surface area contributed by atoms with Crippen LogP contribution < -0.4 is 5.32 Å². The van der Waals surface area contributed by atoms with Crippen LogP contribution >= 0.6 is 24.0 Å². The van der Waals surface area contributed by atoms with E-state index in [4.69, 9.17) is 0 Å². The third-order valence-electron chi connectivity index (χ3n) is 3.65. The van der Waals surface area contributed by atoms with Crippen molar-refractivity contribution < 1.29 is 0 Å². The molecule has 1 aromatic heterocycles. The Hall–Kier alpha value is -0.760. The van der Waals surface area contributed by atoms with Gasteiger partial charge in [-0.2, -0.15) is 0 Å². The van der Waals surface area contributed by atoms with E-state index in [1.54, 1.807) is 0 Å². The van der Waals surface area contributed by atoms with E-state index in [1.807, 2.05) is 7.05 Å². The Morgan fingerprint density at radius 3 is 2.52 bits per heavy atom. The standard InChI is InChI=1S/C15H29N5.HI/c1-13(2)18(4)11-9-17-15(16-3)20(6)12-14-8-7-10-19(14)5;/h7-8,10,13H,9,11-12H2,1-6H3,(H,16,17);1H. The predicted molar refractivity (Wildman–Crippen MR) is 101 cm³/mol. The highest BCUT2D eigenvalue weighted by Crippen LogP contribution is 2.03. The van der Waals surface area contributed by atoms with Crippen molar-refractivity contribution in [3.63, 3.8) is 0 Å². The second-order valence-corrected chi connectivity index (χ2v) is 5.51. The number of aryl methyl sites for hydroxylation is 1. The van der Waals surface area contributed by atoms with Crippen molar-refractivity contribution in [2.75, 3.05) is 34.2 Å². The number of nitrogens with zero attached hydrogens (tertiary/aromatic N) is 4. The van der Waals surface area contributed by atoms with Gasteiger partial charge in [0, 0.05) is 52.2 Å². The number of aromatic nitrogens is 1. The topological polar surface area (TPSA) is 35.8 Å². The van der Waals surface area contributed by atoms with Crippen molar-refractivity contribution in [1.29, 1.82) is 0 Å². The molecule has 0 amide bonds. The molecular weight excluding hydrogens is 377 g/mol. The highest BCUT2D eigenvalue weighted by molar-refractivity contribution is 14.0. The molecule has 21 heavy (non-hydrogen) atoms. The monoisotopic (exact) mass is 407 g/mol. The summed E-state index contributed by atoms with van der Waals surface area (Å²) in [6.07, 6.45) is 2.07. The highest BCUT2D eigenvalue weighted by Gasteiger charge is 2.09. The van der Waals surface area contributed by atoms with Gasteiger partial charge in [-0.1, -0.05) is 0 Å². The minimum Gasteiger partial charge on any atom is -0.355 e. The van der Waals surface area contributed by atoms with Crippen LogP contribution in [0, 0.1) is 0 Å². The van der Waals surface area contributed by atoms with E-state index in [0.29, 0.717) is 6.04 Å². The number of likely N-dealkylation sites (N-methyl/N-ethyl adjacent to an activating group) is 1. The molecule has 0 fully saturated rings. The average molecular weight is 407 g/mol. The van der Waals surface area contributed by atoms with Crippen LogP contribution in [0.2, 0.25) is 0 Å². The molecule has 0 saturated heterocycles. The summed E-state index contributed by atoms with van der Waals surface area (Å²) in [5.41, 5.74) is 1.27. The van der Waals surface area contributed by atoms with Crippen LogP contribution in [0.15, 0.2) is 23.3 Å². The summed E-state index contributed by atoms with van der Waals surface area (Å²) in [7, 11) is 8.10. The van der Waals surface area contributed by atoms with Gasteiger partial charge in [-0.05, 0) is 33.0 Å². The maximum Gasteiger partial charge on any atom is 0.193 e. The summed E-state index contributed by atoms with van der Waals surface area (Å²) < 4.78 is 2.14. The zero-order valence-corrected chi connectivity index (χ0v) is 16.5. The van der Waals surface area contributed by atoms with Gasteiger partial charge in [-0.3, -0.25) is 4.99 Å². The van der Waals surface area contributed by atoms with E-state index < -0.39 is 0 Å². The number of hydrogen-bond acceptors (Lipinski definition) is 2. The molecule has 1 rings (SSSR count). The molecule has 0 radical (unpaired) electrons. The molecule has 1 heterocycles. The average Bonchev–Trinajstić information content (AvgIpc) is 2.79. The van der Waals surface area contributed by atoms with Gasteiger partial charge >= 0.3 is 0 Å². The number of guanidine groups is 1. The highest BCUT2D eigenvalue weighted by atomic mass is 127. The Bertz CT molecular complexity index is 427. The van der Waals surface area contributed by atoms with E-state index in [2.05, 4.69) is 78.0 Å². The van der Waals surface area contributed by atoms with Crippen molar-refractivity contribution in [3.8, 4) is 0 Å². The van der Waals surface area contributed by atoms with E-state index in [0.717, 1.165) is 25.6 Å². The van der Waals surface area contributed by atoms with Crippen LogP contribution in [0.4, 0.5) is 0 Å². The maximum atomic E-state index is 4.34. The first-order valence-corrected chi connectivity index (χ1v) is 7.18. The fourth-order valence-electron chi connectivity index (χ4n) is 1.97. The first-order chi connectivity index (χ1) is 9.45. The quantitative estimate of drug-likeness (QED) is 0.445. The zero-order chi connectivity index (χ0) is 15.1. The van der Waals surface area contributed by atoms with Gasteiger partial charge in [-0.15, -0.1) is 24.0 Å². The molecule has 1 N–H and O–H groups in total. The SMILES string of the molecule is CN=C(NCCN(C)C(C)C)N(C)Cc1cccn1C.I. The number of nitrogens with one attached hydrogen (secondary N) is 1. The second kappa shape index (κ2) is 10.0. The van der Waals surface area contributed by atoms with Crippen molar-refractivity contribution in [2.24, 2.45) is 12.0 Å². The van der Waals surface area contributed by atoms with Gasteiger partial charge in [-0.25, -0.2) is 0 Å². The molecule has 1 aromatic rings. The molecule has 0 saturated carbocycles. The molecule has 0 aliphatic heterocycles. The summed E-state index contributed by atoms with van der Waals surface area (Å²) >= 11 is 0. The summed E-state index contributed by atoms with van der Waals surface area (Å²) in [4.78, 5) is 8.80. The fraction of sp³-hybridized carbons (Fsp3) is 0.667. The molecule has 5 nitrogen and oxygen atoms in total. The minimum absolute atomic E-state index is 0. The van der Waals surface area contributed by atoms with E-state index in [-0.39, 0.29) is 24.0 Å². The van der Waals surface area contributed by atoms with Gasteiger partial charge in [0.15, 0.2) is 5.96 Å². The lowest BCUT2D eigenvalue weighted by atomic mass is 10.3. The predicted octanol–water partition coefficient (Wildman–Crippen LogP) is 1.99. The first kappa shape index (κ1) is 20.2. The van der Waals surface area contributed by atoms with Crippen molar-refractivity contribution in [2.45, 2.75) is 26.4 Å². The number of aliphatic imine (C=N–C) groups is 1. The summed E-state index contributed by atoms with van der Waals surface area (Å²) in [5, 5.41) is 3.41. The van der Waals surface area contributed by atoms with Crippen molar-refractivity contribution >= 4 is 29.9 Å². The summed E-state index contributed by atoms with van der Waals surface area (Å²) in [5.74, 6) is 0.934. The lowest BCUT2D eigenvalue weighted by Gasteiger charge is -2.25. The molecule has 0 spiro atoms. The lowest BCUT2D eigenvalue weighted by molar-refractivity contribution is 0.276. The van der Waals surface area contributed by atoms with Crippen LogP contribution in [-0.4, -0.2) is 60.6 Å². The van der Waals surface area contributed by atoms with Gasteiger partial charge < -0.3 is 19.7 Å². The molecule has 0 aliphatic rings. The smallest absolute Gasteiger partial charge is 0.193 e. The first-order valence-electron chi connectivity index (χ1n) is 7.18. The molecule has 0 aliphatic carbocycles. The maximum absolute atomic E-state index is 4.34. The number of rotatable bonds is 6. The zero-order valence-electron chi connectivity index (χ0n) is 14.1. The Balaban J connectivity index is 0.00000400. The van der Waals surface area contributed by atoms with E-state index in [1.165, 1.54) is 5.69 Å². The second-order valence-electron chi connectivity index (χ2n) is 5.51. The molecule has 6 heteroatoms. The number of hydrogen-bond donors (Lipinski definition) is 1. The Morgan fingerprint density at radius 1 is 1.38 bits per heavy atom.